The molecular weight excluding hydrogens is 242 g/mol. The maximum absolute atomic E-state index is 12.3. The Labute approximate surface area is 112 Å². The third kappa shape index (κ3) is 1.78. The molecule has 1 aromatic rings. The van der Waals surface area contributed by atoms with E-state index in [1.54, 1.807) is 0 Å². The number of hydrogen-bond acceptors (Lipinski definition) is 3. The highest BCUT2D eigenvalue weighted by Crippen LogP contribution is 2.37. The van der Waals surface area contributed by atoms with E-state index in [2.05, 4.69) is 6.07 Å². The highest BCUT2D eigenvalue weighted by Gasteiger charge is 2.31. The topological polar surface area (TPSA) is 38.8 Å². The Bertz CT molecular complexity index is 536. The van der Waals surface area contributed by atoms with E-state index in [4.69, 9.17) is 9.47 Å². The number of nitrogens with zero attached hydrogens (tertiary/aromatic N) is 1. The van der Waals surface area contributed by atoms with Gasteiger partial charge in [0.15, 0.2) is 11.5 Å². The zero-order valence-electron chi connectivity index (χ0n) is 10.9. The van der Waals surface area contributed by atoms with E-state index in [-0.39, 0.29) is 5.92 Å². The Morgan fingerprint density at radius 3 is 2.58 bits per heavy atom. The summed E-state index contributed by atoms with van der Waals surface area (Å²) in [6.45, 7) is 1.87. The van der Waals surface area contributed by atoms with Crippen molar-refractivity contribution in [2.24, 2.45) is 5.92 Å². The molecule has 0 atom stereocenters. The molecule has 1 amide bonds. The van der Waals surface area contributed by atoms with E-state index in [0.717, 1.165) is 43.9 Å². The third-order valence-electron chi connectivity index (χ3n) is 4.47. The van der Waals surface area contributed by atoms with Gasteiger partial charge < -0.3 is 14.4 Å². The highest BCUT2D eigenvalue weighted by atomic mass is 16.7. The standard InChI is InChI=1S/C15H17NO3/c17-15(10-2-1-3-10)16-5-4-11-6-13-14(19-9-18-13)7-12(11)8-16/h6-7,10H,1-5,8-9H2. The first-order valence-electron chi connectivity index (χ1n) is 7.01. The van der Waals surface area contributed by atoms with Crippen molar-refractivity contribution in [2.75, 3.05) is 13.3 Å². The Hall–Kier alpha value is -1.71. The minimum Gasteiger partial charge on any atom is -0.454 e. The Kier molecular flexibility index (Phi) is 2.43. The van der Waals surface area contributed by atoms with E-state index < -0.39 is 0 Å². The first-order valence-corrected chi connectivity index (χ1v) is 7.01. The number of ether oxygens (including phenoxy) is 2. The largest absolute Gasteiger partial charge is 0.454 e. The fraction of sp³-hybridized carbons (Fsp3) is 0.533. The smallest absolute Gasteiger partial charge is 0.231 e. The zero-order valence-corrected chi connectivity index (χ0v) is 10.9. The minimum absolute atomic E-state index is 0.288. The van der Waals surface area contributed by atoms with Crippen LogP contribution in [0, 0.1) is 5.92 Å². The zero-order chi connectivity index (χ0) is 12.8. The van der Waals surface area contributed by atoms with Crippen molar-refractivity contribution in [3.05, 3.63) is 23.3 Å². The lowest BCUT2D eigenvalue weighted by molar-refractivity contribution is -0.139. The number of rotatable bonds is 1. The molecule has 3 aliphatic rings. The van der Waals surface area contributed by atoms with Crippen LogP contribution in [-0.2, 0) is 17.8 Å². The van der Waals surface area contributed by atoms with Gasteiger partial charge in [-0.25, -0.2) is 0 Å². The molecule has 0 N–H and O–H groups in total. The SMILES string of the molecule is O=C(C1CCC1)N1CCc2cc3c(cc2C1)OCO3. The Balaban J connectivity index is 1.57. The summed E-state index contributed by atoms with van der Waals surface area (Å²) in [6.07, 6.45) is 4.27. The molecule has 0 unspecified atom stereocenters. The molecule has 2 heterocycles. The van der Waals surface area contributed by atoms with Gasteiger partial charge in [0.2, 0.25) is 12.7 Å². The van der Waals surface area contributed by atoms with Crippen LogP contribution in [0.3, 0.4) is 0 Å². The fourth-order valence-electron chi connectivity index (χ4n) is 3.05. The molecule has 4 nitrogen and oxygen atoms in total. The molecule has 0 bridgehead atoms. The van der Waals surface area contributed by atoms with Gasteiger partial charge in [0.1, 0.15) is 0 Å². The lowest BCUT2D eigenvalue weighted by Gasteiger charge is -2.34. The monoisotopic (exact) mass is 259 g/mol. The van der Waals surface area contributed by atoms with E-state index in [1.807, 2.05) is 11.0 Å². The van der Waals surface area contributed by atoms with Gasteiger partial charge in [0, 0.05) is 19.0 Å². The van der Waals surface area contributed by atoms with Crippen LogP contribution in [0.2, 0.25) is 0 Å². The second-order valence-corrected chi connectivity index (χ2v) is 5.61. The Morgan fingerprint density at radius 1 is 1.16 bits per heavy atom. The van der Waals surface area contributed by atoms with Crippen LogP contribution in [0.15, 0.2) is 12.1 Å². The fourth-order valence-corrected chi connectivity index (χ4v) is 3.05. The van der Waals surface area contributed by atoms with Crippen molar-refractivity contribution in [3.63, 3.8) is 0 Å². The van der Waals surface area contributed by atoms with Gasteiger partial charge in [-0.05, 0) is 42.5 Å². The average molecular weight is 259 g/mol. The van der Waals surface area contributed by atoms with Crippen molar-refractivity contribution in [1.29, 1.82) is 0 Å². The number of benzene rings is 1. The maximum Gasteiger partial charge on any atom is 0.231 e. The molecule has 4 heteroatoms. The summed E-state index contributed by atoms with van der Waals surface area (Å²) in [5.74, 6) is 2.29. The van der Waals surface area contributed by atoms with Gasteiger partial charge in [-0.3, -0.25) is 4.79 Å². The molecule has 0 saturated heterocycles. The first-order chi connectivity index (χ1) is 9.31. The normalized spacial score (nSPS) is 20.9. The third-order valence-corrected chi connectivity index (χ3v) is 4.47. The molecule has 4 rings (SSSR count). The quantitative estimate of drug-likeness (QED) is 0.775. The lowest BCUT2D eigenvalue weighted by Crippen LogP contribution is -2.41. The summed E-state index contributed by atoms with van der Waals surface area (Å²) in [4.78, 5) is 14.3. The molecule has 1 aromatic carbocycles. The van der Waals surface area contributed by atoms with Gasteiger partial charge in [-0.2, -0.15) is 0 Å². The number of carbonyl (C=O) groups is 1. The summed E-state index contributed by atoms with van der Waals surface area (Å²) < 4.78 is 10.8. The summed E-state index contributed by atoms with van der Waals surface area (Å²) in [5, 5.41) is 0. The lowest BCUT2D eigenvalue weighted by atomic mass is 9.83. The molecule has 1 saturated carbocycles. The van der Waals surface area contributed by atoms with Gasteiger partial charge in [0.05, 0.1) is 0 Å². The van der Waals surface area contributed by atoms with Crippen LogP contribution in [0.5, 0.6) is 11.5 Å². The van der Waals surface area contributed by atoms with Gasteiger partial charge in [0.25, 0.3) is 0 Å². The van der Waals surface area contributed by atoms with E-state index in [0.29, 0.717) is 12.7 Å². The number of amides is 1. The highest BCUT2D eigenvalue weighted by molar-refractivity contribution is 5.80. The van der Waals surface area contributed by atoms with Crippen molar-refractivity contribution < 1.29 is 14.3 Å². The molecule has 0 spiro atoms. The van der Waals surface area contributed by atoms with E-state index >= 15 is 0 Å². The van der Waals surface area contributed by atoms with Crippen molar-refractivity contribution in [3.8, 4) is 11.5 Å². The van der Waals surface area contributed by atoms with Crippen LogP contribution in [0.25, 0.3) is 0 Å². The van der Waals surface area contributed by atoms with E-state index in [1.165, 1.54) is 17.5 Å². The molecule has 0 radical (unpaired) electrons. The predicted octanol–water partition coefficient (Wildman–Crippen LogP) is 2.10. The van der Waals surface area contributed by atoms with Crippen LogP contribution in [-0.4, -0.2) is 24.1 Å². The van der Waals surface area contributed by atoms with Crippen molar-refractivity contribution >= 4 is 5.91 Å². The van der Waals surface area contributed by atoms with Crippen molar-refractivity contribution in [2.45, 2.75) is 32.2 Å². The number of carbonyl (C=O) groups excluding carboxylic acids is 1. The average Bonchev–Trinajstić information content (AvgIpc) is 2.80. The van der Waals surface area contributed by atoms with E-state index in [9.17, 15) is 4.79 Å². The van der Waals surface area contributed by atoms with Gasteiger partial charge >= 0.3 is 0 Å². The second-order valence-electron chi connectivity index (χ2n) is 5.61. The molecule has 1 fully saturated rings. The van der Waals surface area contributed by atoms with Gasteiger partial charge in [-0.15, -0.1) is 0 Å². The summed E-state index contributed by atoms with van der Waals surface area (Å²) in [5.41, 5.74) is 2.50. The first kappa shape index (κ1) is 11.1. The van der Waals surface area contributed by atoms with Crippen LogP contribution in [0.4, 0.5) is 0 Å². The molecule has 2 aliphatic heterocycles. The number of hydrogen-bond donors (Lipinski definition) is 0. The molecule has 0 aromatic heterocycles. The van der Waals surface area contributed by atoms with Crippen LogP contribution in [0.1, 0.15) is 30.4 Å². The predicted molar refractivity (Wildman–Crippen MR) is 69.0 cm³/mol. The molecule has 100 valence electrons. The molecule has 19 heavy (non-hydrogen) atoms. The molecule has 1 aliphatic carbocycles. The van der Waals surface area contributed by atoms with Crippen molar-refractivity contribution in [1.82, 2.24) is 4.90 Å². The Morgan fingerprint density at radius 2 is 1.89 bits per heavy atom. The second kappa shape index (κ2) is 4.15. The number of fused-ring (bicyclic) bond motifs is 2. The summed E-state index contributed by atoms with van der Waals surface area (Å²) in [7, 11) is 0. The maximum atomic E-state index is 12.3. The van der Waals surface area contributed by atoms with Gasteiger partial charge in [-0.1, -0.05) is 6.42 Å². The summed E-state index contributed by atoms with van der Waals surface area (Å²) >= 11 is 0. The minimum atomic E-state index is 0.288. The van der Waals surface area contributed by atoms with Crippen LogP contribution >= 0.6 is 0 Å². The summed E-state index contributed by atoms with van der Waals surface area (Å²) in [6, 6.07) is 4.11. The molecular formula is C15H17NO3. The van der Waals surface area contributed by atoms with Crippen LogP contribution < -0.4 is 9.47 Å².